The zero-order chi connectivity index (χ0) is 22.9. The molecule has 2 amide bonds. The molecule has 0 fully saturated rings. The van der Waals surface area contributed by atoms with Crippen molar-refractivity contribution < 1.29 is 14.3 Å². The van der Waals surface area contributed by atoms with E-state index in [-0.39, 0.29) is 18.4 Å². The van der Waals surface area contributed by atoms with E-state index < -0.39 is 6.04 Å². The van der Waals surface area contributed by atoms with Crippen molar-refractivity contribution in [1.82, 2.24) is 10.2 Å². The van der Waals surface area contributed by atoms with Crippen LogP contribution in [-0.2, 0) is 22.6 Å². The van der Waals surface area contributed by atoms with Gasteiger partial charge in [-0.05, 0) is 42.7 Å². The van der Waals surface area contributed by atoms with E-state index in [1.807, 2.05) is 92.7 Å². The summed E-state index contributed by atoms with van der Waals surface area (Å²) in [4.78, 5) is 27.9. The summed E-state index contributed by atoms with van der Waals surface area (Å²) in [5, 5.41) is 2.73. The Morgan fingerprint density at radius 1 is 0.906 bits per heavy atom. The standard InChI is InChI=1S/C27H30N2O3/c1-20-13-15-24(16-14-20)32-19-26(30)29(18-23-12-8-7-9-21(23)2)25(27(31)28-3)17-22-10-5-4-6-11-22/h4-16,25H,17-19H2,1-3H3,(H,28,31)/t25-/m0/s1. The molecule has 0 aromatic heterocycles. The molecule has 0 radical (unpaired) electrons. The molecular weight excluding hydrogens is 400 g/mol. The third-order valence-corrected chi connectivity index (χ3v) is 5.50. The van der Waals surface area contributed by atoms with Gasteiger partial charge < -0.3 is 15.0 Å². The minimum Gasteiger partial charge on any atom is -0.484 e. The first kappa shape index (κ1) is 23.1. The maximum Gasteiger partial charge on any atom is 0.261 e. The number of hydrogen-bond acceptors (Lipinski definition) is 3. The van der Waals surface area contributed by atoms with Gasteiger partial charge in [0.2, 0.25) is 5.91 Å². The Kier molecular flexibility index (Phi) is 8.03. The number of carbonyl (C=O) groups excluding carboxylic acids is 2. The summed E-state index contributed by atoms with van der Waals surface area (Å²) in [6.07, 6.45) is 0.419. The second-order valence-corrected chi connectivity index (χ2v) is 7.87. The van der Waals surface area contributed by atoms with Crippen LogP contribution in [0.25, 0.3) is 0 Å². The van der Waals surface area contributed by atoms with Crippen molar-refractivity contribution in [2.75, 3.05) is 13.7 Å². The molecule has 0 aliphatic heterocycles. The van der Waals surface area contributed by atoms with Crippen molar-refractivity contribution in [3.63, 3.8) is 0 Å². The van der Waals surface area contributed by atoms with E-state index in [9.17, 15) is 9.59 Å². The Balaban J connectivity index is 1.87. The molecular formula is C27H30N2O3. The molecule has 0 heterocycles. The summed E-state index contributed by atoms with van der Waals surface area (Å²) in [5.41, 5.74) is 4.17. The highest BCUT2D eigenvalue weighted by molar-refractivity contribution is 5.88. The molecule has 1 atom stereocenters. The molecule has 5 nitrogen and oxygen atoms in total. The summed E-state index contributed by atoms with van der Waals surface area (Å²) >= 11 is 0. The first-order chi connectivity index (χ1) is 15.5. The molecule has 0 unspecified atom stereocenters. The van der Waals surface area contributed by atoms with Crippen LogP contribution >= 0.6 is 0 Å². The van der Waals surface area contributed by atoms with Crippen molar-refractivity contribution in [1.29, 1.82) is 0 Å². The Bertz CT molecular complexity index is 1030. The fourth-order valence-corrected chi connectivity index (χ4v) is 3.55. The maximum absolute atomic E-state index is 13.4. The number of benzene rings is 3. The predicted molar refractivity (Wildman–Crippen MR) is 126 cm³/mol. The van der Waals surface area contributed by atoms with E-state index in [1.54, 1.807) is 11.9 Å². The summed E-state index contributed by atoms with van der Waals surface area (Å²) < 4.78 is 5.76. The molecule has 3 aromatic carbocycles. The summed E-state index contributed by atoms with van der Waals surface area (Å²) in [6, 6.07) is 24.5. The van der Waals surface area contributed by atoms with Gasteiger partial charge in [0.25, 0.3) is 5.91 Å². The smallest absolute Gasteiger partial charge is 0.261 e. The van der Waals surface area contributed by atoms with Crippen LogP contribution in [0.4, 0.5) is 0 Å². The van der Waals surface area contributed by atoms with Crippen molar-refractivity contribution >= 4 is 11.8 Å². The van der Waals surface area contributed by atoms with Crippen LogP contribution in [0.5, 0.6) is 5.75 Å². The Morgan fingerprint density at radius 2 is 1.56 bits per heavy atom. The quantitative estimate of drug-likeness (QED) is 0.557. The monoisotopic (exact) mass is 430 g/mol. The van der Waals surface area contributed by atoms with E-state index in [4.69, 9.17) is 4.74 Å². The maximum atomic E-state index is 13.4. The van der Waals surface area contributed by atoms with E-state index in [1.165, 1.54) is 0 Å². The molecule has 166 valence electrons. The molecule has 0 bridgehead atoms. The molecule has 0 saturated carbocycles. The molecule has 3 rings (SSSR count). The van der Waals surface area contributed by atoms with E-state index in [0.29, 0.717) is 18.7 Å². The van der Waals surface area contributed by atoms with Crippen LogP contribution < -0.4 is 10.1 Å². The van der Waals surface area contributed by atoms with Gasteiger partial charge in [0.1, 0.15) is 11.8 Å². The highest BCUT2D eigenvalue weighted by atomic mass is 16.5. The van der Waals surface area contributed by atoms with Crippen molar-refractivity contribution in [3.05, 3.63) is 101 Å². The summed E-state index contributed by atoms with van der Waals surface area (Å²) in [7, 11) is 1.60. The van der Waals surface area contributed by atoms with E-state index in [0.717, 1.165) is 22.3 Å². The number of nitrogens with zero attached hydrogens (tertiary/aromatic N) is 1. The minimum atomic E-state index is -0.656. The molecule has 0 aliphatic rings. The lowest BCUT2D eigenvalue weighted by Crippen LogP contribution is -2.51. The fourth-order valence-electron chi connectivity index (χ4n) is 3.55. The van der Waals surface area contributed by atoms with Gasteiger partial charge in [-0.1, -0.05) is 72.3 Å². The van der Waals surface area contributed by atoms with Gasteiger partial charge in [0, 0.05) is 20.0 Å². The van der Waals surface area contributed by atoms with Gasteiger partial charge in [-0.2, -0.15) is 0 Å². The number of amides is 2. The zero-order valence-electron chi connectivity index (χ0n) is 18.9. The average Bonchev–Trinajstić information content (AvgIpc) is 2.82. The topological polar surface area (TPSA) is 58.6 Å². The third kappa shape index (κ3) is 6.20. The minimum absolute atomic E-state index is 0.142. The van der Waals surface area contributed by atoms with Crippen LogP contribution in [0.3, 0.4) is 0 Å². The Labute approximate surface area is 190 Å². The number of likely N-dealkylation sites (N-methyl/N-ethyl adjacent to an activating group) is 1. The lowest BCUT2D eigenvalue weighted by molar-refractivity contribution is -0.142. The van der Waals surface area contributed by atoms with Crippen LogP contribution in [-0.4, -0.2) is 36.4 Å². The van der Waals surface area contributed by atoms with Gasteiger partial charge in [0.05, 0.1) is 0 Å². The van der Waals surface area contributed by atoms with Crippen molar-refractivity contribution in [2.45, 2.75) is 32.9 Å². The summed E-state index contributed by atoms with van der Waals surface area (Å²) in [5.74, 6) is 0.184. The number of hydrogen-bond donors (Lipinski definition) is 1. The van der Waals surface area contributed by atoms with E-state index in [2.05, 4.69) is 5.32 Å². The number of rotatable bonds is 9. The van der Waals surface area contributed by atoms with Gasteiger partial charge in [-0.25, -0.2) is 0 Å². The Hall–Kier alpha value is -3.60. The average molecular weight is 431 g/mol. The van der Waals surface area contributed by atoms with Crippen molar-refractivity contribution in [3.8, 4) is 5.75 Å². The van der Waals surface area contributed by atoms with Crippen molar-refractivity contribution in [2.24, 2.45) is 0 Å². The summed E-state index contributed by atoms with van der Waals surface area (Å²) in [6.45, 7) is 4.19. The zero-order valence-corrected chi connectivity index (χ0v) is 18.9. The number of nitrogens with one attached hydrogen (secondary N) is 1. The number of carbonyl (C=O) groups is 2. The number of ether oxygens (including phenoxy) is 1. The molecule has 32 heavy (non-hydrogen) atoms. The van der Waals surface area contributed by atoms with Crippen LogP contribution in [0.1, 0.15) is 22.3 Å². The normalized spacial score (nSPS) is 11.5. The molecule has 5 heteroatoms. The lowest BCUT2D eigenvalue weighted by atomic mass is 10.0. The van der Waals surface area contributed by atoms with Crippen LogP contribution in [0.15, 0.2) is 78.9 Å². The largest absolute Gasteiger partial charge is 0.484 e. The second-order valence-electron chi connectivity index (χ2n) is 7.87. The molecule has 3 aromatic rings. The third-order valence-electron chi connectivity index (χ3n) is 5.50. The molecule has 1 N–H and O–H groups in total. The molecule has 0 spiro atoms. The molecule has 0 aliphatic carbocycles. The highest BCUT2D eigenvalue weighted by Gasteiger charge is 2.30. The SMILES string of the molecule is CNC(=O)[C@H](Cc1ccccc1)N(Cc1ccccc1C)C(=O)COc1ccc(C)cc1. The van der Waals surface area contributed by atoms with Gasteiger partial charge in [-0.3, -0.25) is 9.59 Å². The van der Waals surface area contributed by atoms with Gasteiger partial charge in [0.15, 0.2) is 6.61 Å². The first-order valence-corrected chi connectivity index (χ1v) is 10.8. The first-order valence-electron chi connectivity index (χ1n) is 10.8. The van der Waals surface area contributed by atoms with Crippen LogP contribution in [0, 0.1) is 13.8 Å². The van der Waals surface area contributed by atoms with E-state index >= 15 is 0 Å². The number of aryl methyl sites for hydroxylation is 2. The molecule has 0 saturated heterocycles. The van der Waals surface area contributed by atoms with Gasteiger partial charge in [-0.15, -0.1) is 0 Å². The second kappa shape index (κ2) is 11.1. The fraction of sp³-hybridized carbons (Fsp3) is 0.259. The lowest BCUT2D eigenvalue weighted by Gasteiger charge is -2.31. The van der Waals surface area contributed by atoms with Crippen LogP contribution in [0.2, 0.25) is 0 Å². The highest BCUT2D eigenvalue weighted by Crippen LogP contribution is 2.18. The predicted octanol–water partition coefficient (Wildman–Crippen LogP) is 4.07. The van der Waals surface area contributed by atoms with Gasteiger partial charge >= 0.3 is 0 Å². The Morgan fingerprint density at radius 3 is 2.22 bits per heavy atom.